The predicted molar refractivity (Wildman–Crippen MR) is 72.3 cm³/mol. The number of nitrogen functional groups attached to an aromatic ring is 1. The Morgan fingerprint density at radius 1 is 1.37 bits per heavy atom. The van der Waals surface area contributed by atoms with E-state index in [4.69, 9.17) is 16.2 Å². The molecule has 0 aromatic heterocycles. The second-order valence-electron chi connectivity index (χ2n) is 4.89. The van der Waals surface area contributed by atoms with Gasteiger partial charge in [0.25, 0.3) is 5.91 Å². The molecule has 1 rings (SSSR count). The summed E-state index contributed by atoms with van der Waals surface area (Å²) in [7, 11) is 0. The van der Waals surface area contributed by atoms with E-state index in [1.807, 2.05) is 0 Å². The standard InChI is InChI=1S/C13H19N3O3/c1-13(2,12(15)18)8-16-11(17)7-19-10-5-3-4-9(14)6-10/h3-6H,7-8,14H2,1-2H3,(H2,15,18)(H,16,17). The van der Waals surface area contributed by atoms with Crippen molar-refractivity contribution in [3.8, 4) is 5.75 Å². The molecule has 0 aliphatic carbocycles. The van der Waals surface area contributed by atoms with Crippen molar-refractivity contribution in [2.45, 2.75) is 13.8 Å². The van der Waals surface area contributed by atoms with E-state index >= 15 is 0 Å². The minimum absolute atomic E-state index is 0.141. The molecule has 0 unspecified atom stereocenters. The molecule has 0 bridgehead atoms. The van der Waals surface area contributed by atoms with Gasteiger partial charge in [-0.2, -0.15) is 0 Å². The van der Waals surface area contributed by atoms with Crippen molar-refractivity contribution in [3.63, 3.8) is 0 Å². The number of rotatable bonds is 6. The van der Waals surface area contributed by atoms with Crippen molar-refractivity contribution in [2.24, 2.45) is 11.1 Å². The molecule has 0 heterocycles. The zero-order valence-electron chi connectivity index (χ0n) is 11.1. The highest BCUT2D eigenvalue weighted by atomic mass is 16.5. The van der Waals surface area contributed by atoms with Crippen LogP contribution < -0.4 is 21.5 Å². The highest BCUT2D eigenvalue weighted by Crippen LogP contribution is 2.14. The third-order valence-corrected chi connectivity index (χ3v) is 2.62. The average molecular weight is 265 g/mol. The Morgan fingerprint density at radius 3 is 2.63 bits per heavy atom. The maximum absolute atomic E-state index is 11.6. The first-order chi connectivity index (χ1) is 8.81. The van der Waals surface area contributed by atoms with Crippen molar-refractivity contribution >= 4 is 17.5 Å². The number of ether oxygens (including phenoxy) is 1. The number of benzene rings is 1. The molecule has 2 amide bonds. The van der Waals surface area contributed by atoms with Crippen LogP contribution in [0.25, 0.3) is 0 Å². The summed E-state index contributed by atoms with van der Waals surface area (Å²) in [6, 6.07) is 6.79. The lowest BCUT2D eigenvalue weighted by atomic mass is 9.93. The van der Waals surface area contributed by atoms with Crippen LogP contribution in [-0.2, 0) is 9.59 Å². The minimum Gasteiger partial charge on any atom is -0.484 e. The summed E-state index contributed by atoms with van der Waals surface area (Å²) in [6.45, 7) is 3.35. The van der Waals surface area contributed by atoms with Gasteiger partial charge in [0.2, 0.25) is 5.91 Å². The molecule has 6 nitrogen and oxygen atoms in total. The highest BCUT2D eigenvalue weighted by Gasteiger charge is 2.25. The highest BCUT2D eigenvalue weighted by molar-refractivity contribution is 5.82. The molecule has 1 aromatic carbocycles. The van der Waals surface area contributed by atoms with Crippen LogP contribution in [0, 0.1) is 5.41 Å². The zero-order valence-corrected chi connectivity index (χ0v) is 11.1. The smallest absolute Gasteiger partial charge is 0.257 e. The number of hydrogen-bond donors (Lipinski definition) is 3. The van der Waals surface area contributed by atoms with Gasteiger partial charge in [-0.05, 0) is 26.0 Å². The maximum atomic E-state index is 11.6. The van der Waals surface area contributed by atoms with Gasteiger partial charge in [-0.15, -0.1) is 0 Å². The SMILES string of the molecule is CC(C)(CNC(=O)COc1cccc(N)c1)C(N)=O. The van der Waals surface area contributed by atoms with Crippen molar-refractivity contribution in [3.05, 3.63) is 24.3 Å². The van der Waals surface area contributed by atoms with Gasteiger partial charge in [0.1, 0.15) is 5.75 Å². The summed E-state index contributed by atoms with van der Waals surface area (Å²) < 4.78 is 5.27. The van der Waals surface area contributed by atoms with E-state index < -0.39 is 11.3 Å². The fourth-order valence-electron chi connectivity index (χ4n) is 1.21. The molecule has 19 heavy (non-hydrogen) atoms. The maximum Gasteiger partial charge on any atom is 0.257 e. The van der Waals surface area contributed by atoms with Gasteiger partial charge < -0.3 is 21.5 Å². The van der Waals surface area contributed by atoms with Crippen molar-refractivity contribution < 1.29 is 14.3 Å². The van der Waals surface area contributed by atoms with E-state index in [0.29, 0.717) is 11.4 Å². The second-order valence-corrected chi connectivity index (χ2v) is 4.89. The number of carbonyl (C=O) groups excluding carboxylic acids is 2. The van der Waals surface area contributed by atoms with Gasteiger partial charge in [-0.1, -0.05) is 6.07 Å². The topological polar surface area (TPSA) is 107 Å². The molecular formula is C13H19N3O3. The van der Waals surface area contributed by atoms with Gasteiger partial charge >= 0.3 is 0 Å². The molecule has 1 aromatic rings. The van der Waals surface area contributed by atoms with E-state index in [9.17, 15) is 9.59 Å². The van der Waals surface area contributed by atoms with Crippen molar-refractivity contribution in [1.29, 1.82) is 0 Å². The molecule has 6 heteroatoms. The summed E-state index contributed by atoms with van der Waals surface area (Å²) in [4.78, 5) is 22.6. The Morgan fingerprint density at radius 2 is 2.05 bits per heavy atom. The molecule has 0 aliphatic heterocycles. The lowest BCUT2D eigenvalue weighted by molar-refractivity contribution is -0.127. The fraction of sp³-hybridized carbons (Fsp3) is 0.385. The molecule has 0 saturated heterocycles. The van der Waals surface area contributed by atoms with E-state index in [2.05, 4.69) is 5.32 Å². The first-order valence-electron chi connectivity index (χ1n) is 5.86. The van der Waals surface area contributed by atoms with Crippen LogP contribution in [0.4, 0.5) is 5.69 Å². The van der Waals surface area contributed by atoms with Crippen LogP contribution in [-0.4, -0.2) is 25.0 Å². The molecule has 0 spiro atoms. The van der Waals surface area contributed by atoms with E-state index in [0.717, 1.165) is 0 Å². The lowest BCUT2D eigenvalue weighted by Crippen LogP contribution is -2.43. The second kappa shape index (κ2) is 6.08. The number of anilines is 1. The lowest BCUT2D eigenvalue weighted by Gasteiger charge is -2.20. The zero-order chi connectivity index (χ0) is 14.5. The molecular weight excluding hydrogens is 246 g/mol. The van der Waals surface area contributed by atoms with Crippen molar-refractivity contribution in [1.82, 2.24) is 5.32 Å². The monoisotopic (exact) mass is 265 g/mol. The molecule has 0 atom stereocenters. The van der Waals surface area contributed by atoms with Gasteiger partial charge in [0, 0.05) is 18.3 Å². The first-order valence-corrected chi connectivity index (χ1v) is 5.86. The largest absolute Gasteiger partial charge is 0.484 e. The fourth-order valence-corrected chi connectivity index (χ4v) is 1.21. The van der Waals surface area contributed by atoms with Crippen molar-refractivity contribution in [2.75, 3.05) is 18.9 Å². The third-order valence-electron chi connectivity index (χ3n) is 2.62. The Balaban J connectivity index is 2.39. The number of primary amides is 1. The molecule has 104 valence electrons. The van der Waals surface area contributed by atoms with Crippen LogP contribution >= 0.6 is 0 Å². The van der Waals surface area contributed by atoms with Crippen LogP contribution in [0.1, 0.15) is 13.8 Å². The quantitative estimate of drug-likeness (QED) is 0.642. The molecule has 0 radical (unpaired) electrons. The molecule has 0 saturated carbocycles. The number of hydrogen-bond acceptors (Lipinski definition) is 4. The summed E-state index contributed by atoms with van der Waals surface area (Å²) in [5.74, 6) is -0.273. The minimum atomic E-state index is -0.785. The predicted octanol–water partition coefficient (Wildman–Crippen LogP) is 0.275. The summed E-state index contributed by atoms with van der Waals surface area (Å²) >= 11 is 0. The van der Waals surface area contributed by atoms with Gasteiger partial charge in [0.15, 0.2) is 6.61 Å². The summed E-state index contributed by atoms with van der Waals surface area (Å²) in [6.07, 6.45) is 0. The van der Waals surface area contributed by atoms with E-state index in [-0.39, 0.29) is 19.1 Å². The molecule has 0 fully saturated rings. The Hall–Kier alpha value is -2.24. The third kappa shape index (κ3) is 4.87. The molecule has 0 aliphatic rings. The average Bonchev–Trinajstić information content (AvgIpc) is 2.34. The van der Waals surface area contributed by atoms with E-state index in [1.54, 1.807) is 38.1 Å². The van der Waals surface area contributed by atoms with Gasteiger partial charge in [0.05, 0.1) is 5.41 Å². The summed E-state index contributed by atoms with van der Waals surface area (Å²) in [5, 5.41) is 2.59. The van der Waals surface area contributed by atoms with Gasteiger partial charge in [-0.3, -0.25) is 9.59 Å². The number of nitrogens with one attached hydrogen (secondary N) is 1. The van der Waals surface area contributed by atoms with E-state index in [1.165, 1.54) is 0 Å². The number of amides is 2. The normalized spacial score (nSPS) is 10.8. The van der Waals surface area contributed by atoms with Crippen LogP contribution in [0.2, 0.25) is 0 Å². The van der Waals surface area contributed by atoms with Crippen LogP contribution in [0.5, 0.6) is 5.75 Å². The number of nitrogens with two attached hydrogens (primary N) is 2. The Kier molecular flexibility index (Phi) is 4.74. The van der Waals surface area contributed by atoms with Crippen LogP contribution in [0.15, 0.2) is 24.3 Å². The van der Waals surface area contributed by atoms with Crippen LogP contribution in [0.3, 0.4) is 0 Å². The Labute approximate surface area is 112 Å². The van der Waals surface area contributed by atoms with Gasteiger partial charge in [-0.25, -0.2) is 0 Å². The number of carbonyl (C=O) groups is 2. The summed E-state index contributed by atoms with van der Waals surface area (Å²) in [5.41, 5.74) is 10.6. The molecule has 5 N–H and O–H groups in total. The first kappa shape index (κ1) is 14.8. The Bertz CT molecular complexity index is 472.